The summed E-state index contributed by atoms with van der Waals surface area (Å²) in [6.07, 6.45) is -14.6. The van der Waals surface area contributed by atoms with Crippen LogP contribution in [0.25, 0.3) is 0 Å². The molecule has 0 rings (SSSR count). The Hall–Kier alpha value is -1.62. The fourth-order valence-electron chi connectivity index (χ4n) is 1.42. The maximum Gasteiger partial charge on any atom is 0.321 e. The zero-order chi connectivity index (χ0) is 17.2. The number of carboxylic acid groups (broad SMARTS) is 2. The van der Waals surface area contributed by atoms with Gasteiger partial charge in [-0.05, 0) is 0 Å². The molecule has 0 unspecified atom stereocenters. The molecule has 0 atom stereocenters. The molecule has 124 valence electrons. The van der Waals surface area contributed by atoms with Gasteiger partial charge < -0.3 is 10.2 Å². The summed E-state index contributed by atoms with van der Waals surface area (Å²) in [7, 11) is 0. The first-order valence-corrected chi connectivity index (χ1v) is 4.98. The number of alkyl halides is 8. The molecular weight excluding hydrogens is 324 g/mol. The minimum absolute atomic E-state index is 2.76. The predicted molar refractivity (Wildman–Crippen MR) is 48.8 cm³/mol. The Bertz CT molecular complexity index is 371. The normalized spacial score (nSPS) is 13.8. The van der Waals surface area contributed by atoms with E-state index in [1.807, 2.05) is 0 Å². The van der Waals surface area contributed by atoms with Crippen molar-refractivity contribution in [3.63, 3.8) is 0 Å². The van der Waals surface area contributed by atoms with Gasteiger partial charge in [0, 0.05) is 12.8 Å². The van der Waals surface area contributed by atoms with Crippen molar-refractivity contribution in [3.8, 4) is 0 Å². The number of halogens is 8. The fraction of sp³-hybridized carbons (Fsp3) is 0.778. The van der Waals surface area contributed by atoms with Crippen LogP contribution in [-0.4, -0.2) is 46.8 Å². The van der Waals surface area contributed by atoms with E-state index in [9.17, 15) is 44.7 Å². The molecule has 4 nitrogen and oxygen atoms in total. The first kappa shape index (κ1) is 19.4. The fourth-order valence-corrected chi connectivity index (χ4v) is 1.42. The highest BCUT2D eigenvalue weighted by molar-refractivity contribution is 5.98. The molecule has 21 heavy (non-hydrogen) atoms. The van der Waals surface area contributed by atoms with Gasteiger partial charge in [-0.3, -0.25) is 9.59 Å². The summed E-state index contributed by atoms with van der Waals surface area (Å²) >= 11 is 0. The van der Waals surface area contributed by atoms with Crippen molar-refractivity contribution >= 4 is 11.9 Å². The molecule has 0 saturated heterocycles. The predicted octanol–water partition coefficient (Wildman–Crippen LogP) is 2.72. The first-order valence-electron chi connectivity index (χ1n) is 4.98. The van der Waals surface area contributed by atoms with Crippen molar-refractivity contribution in [3.05, 3.63) is 0 Å². The Kier molecular flexibility index (Phi) is 5.55. The van der Waals surface area contributed by atoms with Crippen LogP contribution in [0.15, 0.2) is 0 Å². The van der Waals surface area contributed by atoms with Gasteiger partial charge in [0.25, 0.3) is 0 Å². The molecule has 0 bridgehead atoms. The van der Waals surface area contributed by atoms with Crippen LogP contribution in [-0.2, 0) is 9.59 Å². The van der Waals surface area contributed by atoms with Gasteiger partial charge in [-0.15, -0.1) is 0 Å². The van der Waals surface area contributed by atoms with Crippen molar-refractivity contribution < 1.29 is 54.9 Å². The number of carbonyl (C=O) groups is 2. The Balaban J connectivity index is 5.81. The SMILES string of the molecule is O=C(O)C(CC(F)(F)C(F)F)(CC(F)(F)C(F)F)C(=O)O. The highest BCUT2D eigenvalue weighted by Gasteiger charge is 2.62. The molecular formula is C9H8F8O4. The molecule has 0 fully saturated rings. The minimum Gasteiger partial charge on any atom is -0.480 e. The monoisotopic (exact) mass is 332 g/mol. The van der Waals surface area contributed by atoms with Crippen molar-refractivity contribution in [2.75, 3.05) is 0 Å². The smallest absolute Gasteiger partial charge is 0.321 e. The summed E-state index contributed by atoms with van der Waals surface area (Å²) in [6.45, 7) is 0. The van der Waals surface area contributed by atoms with Crippen LogP contribution in [0.4, 0.5) is 35.1 Å². The zero-order valence-electron chi connectivity index (χ0n) is 9.80. The molecule has 0 radical (unpaired) electrons. The number of hydrogen-bond donors (Lipinski definition) is 2. The maximum atomic E-state index is 12.8. The average molecular weight is 332 g/mol. The minimum atomic E-state index is -5.27. The van der Waals surface area contributed by atoms with E-state index in [1.165, 1.54) is 0 Å². The molecule has 0 spiro atoms. The summed E-state index contributed by atoms with van der Waals surface area (Å²) < 4.78 is 99.3. The quantitative estimate of drug-likeness (QED) is 0.529. The molecule has 0 aliphatic rings. The molecule has 0 aliphatic carbocycles. The molecule has 0 heterocycles. The van der Waals surface area contributed by atoms with Crippen molar-refractivity contribution in [1.29, 1.82) is 0 Å². The molecule has 0 saturated carbocycles. The lowest BCUT2D eigenvalue weighted by Gasteiger charge is -2.31. The summed E-state index contributed by atoms with van der Waals surface area (Å²) in [5, 5.41) is 17.1. The summed E-state index contributed by atoms with van der Waals surface area (Å²) in [5.74, 6) is -16.2. The Labute approximate surface area is 111 Å². The number of hydrogen-bond acceptors (Lipinski definition) is 2. The third-order valence-corrected chi connectivity index (χ3v) is 2.53. The van der Waals surface area contributed by atoms with Gasteiger partial charge in [0.05, 0.1) is 0 Å². The Morgan fingerprint density at radius 1 is 0.762 bits per heavy atom. The third-order valence-electron chi connectivity index (χ3n) is 2.53. The zero-order valence-corrected chi connectivity index (χ0v) is 9.80. The van der Waals surface area contributed by atoms with Gasteiger partial charge >= 0.3 is 36.6 Å². The summed E-state index contributed by atoms with van der Waals surface area (Å²) in [5.41, 5.74) is -4.19. The van der Waals surface area contributed by atoms with Crippen molar-refractivity contribution in [2.45, 2.75) is 37.5 Å². The van der Waals surface area contributed by atoms with E-state index in [2.05, 4.69) is 0 Å². The molecule has 0 aromatic rings. The van der Waals surface area contributed by atoms with E-state index in [0.29, 0.717) is 0 Å². The molecule has 0 aliphatic heterocycles. The lowest BCUT2D eigenvalue weighted by molar-refractivity contribution is -0.205. The van der Waals surface area contributed by atoms with E-state index < -0.39 is 54.9 Å². The molecule has 2 N–H and O–H groups in total. The highest BCUT2D eigenvalue weighted by atomic mass is 19.3. The van der Waals surface area contributed by atoms with Gasteiger partial charge in [-0.1, -0.05) is 0 Å². The third kappa shape index (κ3) is 4.17. The van der Waals surface area contributed by atoms with Crippen LogP contribution >= 0.6 is 0 Å². The van der Waals surface area contributed by atoms with E-state index in [4.69, 9.17) is 10.2 Å². The van der Waals surface area contributed by atoms with Crippen molar-refractivity contribution in [2.24, 2.45) is 5.41 Å². The van der Waals surface area contributed by atoms with Crippen LogP contribution in [0.5, 0.6) is 0 Å². The molecule has 12 heteroatoms. The van der Waals surface area contributed by atoms with Gasteiger partial charge in [-0.2, -0.15) is 0 Å². The Morgan fingerprint density at radius 3 is 1.14 bits per heavy atom. The van der Waals surface area contributed by atoms with Gasteiger partial charge in [0.1, 0.15) is 0 Å². The highest BCUT2D eigenvalue weighted by Crippen LogP contribution is 2.45. The van der Waals surface area contributed by atoms with E-state index in [-0.39, 0.29) is 0 Å². The van der Waals surface area contributed by atoms with Gasteiger partial charge in [-0.25, -0.2) is 35.1 Å². The number of carboxylic acids is 2. The number of rotatable bonds is 8. The van der Waals surface area contributed by atoms with Gasteiger partial charge in [0.15, 0.2) is 5.41 Å². The maximum absolute atomic E-state index is 12.8. The molecule has 0 aromatic heterocycles. The standard InChI is InChI=1S/C9H8F8O4/c10-3(11)8(14,15)1-7(5(18)19,6(20)21)2-9(16,17)4(12)13/h3-4H,1-2H2,(H,18,19)(H,20,21). The van der Waals surface area contributed by atoms with Crippen LogP contribution in [0, 0.1) is 5.41 Å². The molecule has 0 amide bonds. The van der Waals surface area contributed by atoms with Crippen LogP contribution in [0.3, 0.4) is 0 Å². The second-order valence-electron chi connectivity index (χ2n) is 4.17. The molecule has 0 aromatic carbocycles. The first-order chi connectivity index (χ1) is 9.19. The summed E-state index contributed by atoms with van der Waals surface area (Å²) in [6, 6.07) is 0. The van der Waals surface area contributed by atoms with Crippen molar-refractivity contribution in [1.82, 2.24) is 0 Å². The topological polar surface area (TPSA) is 74.6 Å². The van der Waals surface area contributed by atoms with Crippen LogP contribution < -0.4 is 0 Å². The lowest BCUT2D eigenvalue weighted by atomic mass is 9.76. The summed E-state index contributed by atoms with van der Waals surface area (Å²) in [4.78, 5) is 21.5. The lowest BCUT2D eigenvalue weighted by Crippen LogP contribution is -2.50. The van der Waals surface area contributed by atoms with E-state index >= 15 is 0 Å². The Morgan fingerprint density at radius 2 is 1.00 bits per heavy atom. The largest absolute Gasteiger partial charge is 0.480 e. The van der Waals surface area contributed by atoms with Crippen LogP contribution in [0.2, 0.25) is 0 Å². The van der Waals surface area contributed by atoms with E-state index in [1.54, 1.807) is 0 Å². The van der Waals surface area contributed by atoms with Gasteiger partial charge in [0.2, 0.25) is 0 Å². The average Bonchev–Trinajstić information content (AvgIpc) is 2.26. The second-order valence-corrected chi connectivity index (χ2v) is 4.17. The van der Waals surface area contributed by atoms with Crippen LogP contribution in [0.1, 0.15) is 12.8 Å². The van der Waals surface area contributed by atoms with E-state index in [0.717, 1.165) is 0 Å². The number of aliphatic carboxylic acids is 2. The second kappa shape index (κ2) is 6.02.